The SMILES string of the molecule is CCCCCCCCC=CCCCCCCCC[NH3+].O=[P+](O)O. The maximum Gasteiger partial charge on any atom is 0.692 e. The maximum absolute atomic E-state index is 8.70. The molecule has 5 heteroatoms. The molecule has 4 nitrogen and oxygen atoms in total. The molecule has 0 atom stereocenters. The zero-order valence-electron chi connectivity index (χ0n) is 15.2. The van der Waals surface area contributed by atoms with E-state index in [2.05, 4.69) is 24.8 Å². The highest BCUT2D eigenvalue weighted by atomic mass is 31.1. The van der Waals surface area contributed by atoms with Gasteiger partial charge in [-0.15, -0.1) is 9.79 Å². The highest BCUT2D eigenvalue weighted by molar-refractivity contribution is 7.30. The Bertz CT molecular complexity index is 257. The fourth-order valence-corrected chi connectivity index (χ4v) is 2.42. The number of rotatable bonds is 15. The largest absolute Gasteiger partial charge is 0.692 e. The summed E-state index contributed by atoms with van der Waals surface area (Å²) in [4.78, 5) is 14.2. The molecule has 0 aromatic heterocycles. The van der Waals surface area contributed by atoms with Gasteiger partial charge in [0.1, 0.15) is 0 Å². The first-order valence-corrected chi connectivity index (χ1v) is 10.6. The lowest BCUT2D eigenvalue weighted by molar-refractivity contribution is -0.368. The number of hydrogen-bond donors (Lipinski definition) is 3. The summed E-state index contributed by atoms with van der Waals surface area (Å²) >= 11 is 0. The quantitative estimate of drug-likeness (QED) is 0.223. The molecule has 0 aromatic rings. The van der Waals surface area contributed by atoms with Crippen LogP contribution in [0.15, 0.2) is 12.2 Å². The Labute approximate surface area is 144 Å². The van der Waals surface area contributed by atoms with Crippen LogP contribution in [0.4, 0.5) is 0 Å². The molecule has 5 N–H and O–H groups in total. The lowest BCUT2D eigenvalue weighted by atomic mass is 10.1. The van der Waals surface area contributed by atoms with E-state index in [0.717, 1.165) is 6.54 Å². The van der Waals surface area contributed by atoms with Gasteiger partial charge in [-0.2, -0.15) is 0 Å². The second-order valence-electron chi connectivity index (χ2n) is 6.04. The average Bonchev–Trinajstić information content (AvgIpc) is 2.50. The summed E-state index contributed by atoms with van der Waals surface area (Å²) in [5.41, 5.74) is 3.88. The second kappa shape index (κ2) is 24.0. The third kappa shape index (κ3) is 34.2. The molecule has 0 radical (unpaired) electrons. The summed E-state index contributed by atoms with van der Waals surface area (Å²) in [5, 5.41) is 0. The summed E-state index contributed by atoms with van der Waals surface area (Å²) in [6.45, 7) is 3.39. The minimum absolute atomic E-state index is 1.11. The third-order valence-corrected chi connectivity index (χ3v) is 3.76. The van der Waals surface area contributed by atoms with Gasteiger partial charge in [-0.05, 0) is 38.5 Å². The van der Waals surface area contributed by atoms with Gasteiger partial charge in [0.2, 0.25) is 0 Å². The van der Waals surface area contributed by atoms with Crippen LogP contribution >= 0.6 is 8.25 Å². The molecule has 0 fully saturated rings. The number of hydrogen-bond acceptors (Lipinski definition) is 1. The van der Waals surface area contributed by atoms with E-state index in [4.69, 9.17) is 14.4 Å². The van der Waals surface area contributed by atoms with E-state index in [1.54, 1.807) is 0 Å². The molecule has 0 unspecified atom stereocenters. The maximum atomic E-state index is 8.70. The molecule has 0 aromatic carbocycles. The molecule has 0 amide bonds. The van der Waals surface area contributed by atoms with Gasteiger partial charge in [-0.3, -0.25) is 0 Å². The molecule has 0 aliphatic heterocycles. The molecule has 138 valence electrons. The van der Waals surface area contributed by atoms with E-state index in [9.17, 15) is 0 Å². The first-order chi connectivity index (χ1) is 11.1. The van der Waals surface area contributed by atoms with Crippen molar-refractivity contribution in [1.29, 1.82) is 0 Å². The van der Waals surface area contributed by atoms with Crippen LogP contribution < -0.4 is 5.73 Å². The van der Waals surface area contributed by atoms with Gasteiger partial charge in [-0.1, -0.05) is 70.4 Å². The number of unbranched alkanes of at least 4 members (excludes halogenated alkanes) is 12. The highest BCUT2D eigenvalue weighted by Gasteiger charge is 1.93. The van der Waals surface area contributed by atoms with Crippen molar-refractivity contribution in [3.05, 3.63) is 12.2 Å². The fourth-order valence-electron chi connectivity index (χ4n) is 2.42. The Morgan fingerprint density at radius 3 is 1.48 bits per heavy atom. The summed E-state index contributed by atoms with van der Waals surface area (Å²) in [7, 11) is -2.87. The van der Waals surface area contributed by atoms with Crippen molar-refractivity contribution in [2.45, 2.75) is 96.8 Å². The predicted molar refractivity (Wildman–Crippen MR) is 99.3 cm³/mol. The monoisotopic (exact) mass is 349 g/mol. The normalized spacial score (nSPS) is 10.6. The molecule has 0 aliphatic rings. The minimum atomic E-state index is -2.87. The molecule has 0 heterocycles. The van der Waals surface area contributed by atoms with E-state index in [-0.39, 0.29) is 0 Å². The van der Waals surface area contributed by atoms with Gasteiger partial charge in [0.05, 0.1) is 6.54 Å². The topological polar surface area (TPSA) is 85.2 Å². The first kappa shape index (κ1) is 25.0. The smallest absolute Gasteiger partial charge is 0.358 e. The molecular weight excluding hydrogens is 309 g/mol. The summed E-state index contributed by atoms with van der Waals surface area (Å²) < 4.78 is 8.70. The van der Waals surface area contributed by atoms with Crippen molar-refractivity contribution in [2.24, 2.45) is 0 Å². The minimum Gasteiger partial charge on any atom is -0.358 e. The van der Waals surface area contributed by atoms with Crippen LogP contribution in [0.2, 0.25) is 0 Å². The molecule has 0 saturated carbocycles. The summed E-state index contributed by atoms with van der Waals surface area (Å²) in [6, 6.07) is 0. The van der Waals surface area contributed by atoms with Crippen molar-refractivity contribution in [3.8, 4) is 0 Å². The van der Waals surface area contributed by atoms with Crippen LogP contribution in [0.1, 0.15) is 96.8 Å². The Balaban J connectivity index is 0. The molecule has 0 saturated heterocycles. The summed E-state index contributed by atoms with van der Waals surface area (Å²) in [5.74, 6) is 0. The van der Waals surface area contributed by atoms with Crippen LogP contribution in [-0.2, 0) is 4.57 Å². The standard InChI is InChI=1S/C18H37N.HO3P/c1-2-3-4-5-6-7-8-9-10-11-12-13-14-15-16-17-18-19;1-4(2)3/h9-10H,2-8,11-19H2,1H3;(H-,1,2,3)/p+2. The molecule has 0 spiro atoms. The van der Waals surface area contributed by atoms with Crippen molar-refractivity contribution >= 4 is 8.25 Å². The van der Waals surface area contributed by atoms with Crippen molar-refractivity contribution in [2.75, 3.05) is 6.54 Å². The van der Waals surface area contributed by atoms with Crippen LogP contribution in [0.3, 0.4) is 0 Å². The molecule has 0 aliphatic carbocycles. The molecule has 0 rings (SSSR count). The lowest BCUT2D eigenvalue weighted by Crippen LogP contribution is -2.50. The van der Waals surface area contributed by atoms with Gasteiger partial charge >= 0.3 is 8.25 Å². The lowest BCUT2D eigenvalue weighted by Gasteiger charge is -1.99. The summed E-state index contributed by atoms with van der Waals surface area (Å²) in [6.07, 6.45) is 24.2. The third-order valence-electron chi connectivity index (χ3n) is 3.76. The van der Waals surface area contributed by atoms with Crippen molar-refractivity contribution < 1.29 is 20.1 Å². The van der Waals surface area contributed by atoms with Gasteiger partial charge < -0.3 is 5.73 Å². The van der Waals surface area contributed by atoms with Gasteiger partial charge in [0.15, 0.2) is 0 Å². The van der Waals surface area contributed by atoms with E-state index in [0.29, 0.717) is 0 Å². The molecular formula is C18H40NO3P+2. The Kier molecular flexibility index (Phi) is 26.0. The zero-order chi connectivity index (χ0) is 17.6. The number of quaternary nitrogens is 1. The van der Waals surface area contributed by atoms with E-state index >= 15 is 0 Å². The van der Waals surface area contributed by atoms with E-state index < -0.39 is 8.25 Å². The van der Waals surface area contributed by atoms with E-state index in [1.807, 2.05) is 0 Å². The Hall–Kier alpha value is -0.280. The fraction of sp³-hybridized carbons (Fsp3) is 0.889. The number of allylic oxidation sites excluding steroid dienone is 2. The van der Waals surface area contributed by atoms with Gasteiger partial charge in [0, 0.05) is 4.57 Å². The van der Waals surface area contributed by atoms with E-state index in [1.165, 1.54) is 89.9 Å². The highest BCUT2D eigenvalue weighted by Crippen LogP contribution is 2.09. The van der Waals surface area contributed by atoms with Crippen LogP contribution in [0.25, 0.3) is 0 Å². The average molecular weight is 349 g/mol. The molecule has 0 bridgehead atoms. The van der Waals surface area contributed by atoms with Crippen molar-refractivity contribution in [1.82, 2.24) is 0 Å². The van der Waals surface area contributed by atoms with Gasteiger partial charge in [0.25, 0.3) is 0 Å². The Morgan fingerprint density at radius 2 is 1.09 bits per heavy atom. The second-order valence-corrected chi connectivity index (χ2v) is 6.55. The van der Waals surface area contributed by atoms with Crippen LogP contribution in [0.5, 0.6) is 0 Å². The van der Waals surface area contributed by atoms with Crippen LogP contribution in [0, 0.1) is 0 Å². The zero-order valence-corrected chi connectivity index (χ0v) is 16.1. The first-order valence-electron chi connectivity index (χ1n) is 9.44. The van der Waals surface area contributed by atoms with Crippen LogP contribution in [-0.4, -0.2) is 16.3 Å². The van der Waals surface area contributed by atoms with Crippen molar-refractivity contribution in [3.63, 3.8) is 0 Å². The van der Waals surface area contributed by atoms with Gasteiger partial charge in [-0.25, -0.2) is 0 Å². The predicted octanol–water partition coefficient (Wildman–Crippen LogP) is 4.89. The Morgan fingerprint density at radius 1 is 0.739 bits per heavy atom. The molecule has 23 heavy (non-hydrogen) atoms.